The van der Waals surface area contributed by atoms with Crippen LogP contribution in [0.2, 0.25) is 0 Å². The summed E-state index contributed by atoms with van der Waals surface area (Å²) in [5.74, 6) is 0.710. The monoisotopic (exact) mass is 373 g/mol. The van der Waals surface area contributed by atoms with Crippen LogP contribution in [0.15, 0.2) is 18.2 Å². The van der Waals surface area contributed by atoms with Crippen molar-refractivity contribution in [2.75, 3.05) is 12.4 Å². The molecule has 2 N–H and O–H groups in total. The van der Waals surface area contributed by atoms with Crippen molar-refractivity contribution < 1.29 is 14.5 Å². The lowest BCUT2D eigenvalue weighted by atomic mass is 9.88. The Bertz CT molecular complexity index is 908. The summed E-state index contributed by atoms with van der Waals surface area (Å²) in [6, 6.07) is 4.72. The molecule has 0 radical (unpaired) electrons. The molecule has 26 heavy (non-hydrogen) atoms. The second-order valence-corrected chi connectivity index (χ2v) is 7.90. The van der Waals surface area contributed by atoms with E-state index in [2.05, 4.69) is 17.6 Å². The fourth-order valence-corrected chi connectivity index (χ4v) is 5.10. The molecule has 136 valence electrons. The summed E-state index contributed by atoms with van der Waals surface area (Å²) in [6.45, 7) is 2.23. The van der Waals surface area contributed by atoms with Crippen LogP contribution in [0.4, 0.5) is 10.7 Å². The third-order valence-corrected chi connectivity index (χ3v) is 6.21. The van der Waals surface area contributed by atoms with Gasteiger partial charge in [0.2, 0.25) is 0 Å². The molecule has 0 saturated carbocycles. The number of ether oxygens (including phenoxy) is 1. The molecule has 1 aliphatic carbocycles. The van der Waals surface area contributed by atoms with Crippen molar-refractivity contribution in [1.82, 2.24) is 5.32 Å². The predicted octanol–water partition coefficient (Wildman–Crippen LogP) is 3.64. The number of hydrogen-bond donors (Lipinski definition) is 2. The number of fused-ring (bicyclic) bond motifs is 3. The minimum Gasteiger partial charge on any atom is -0.490 e. The highest BCUT2D eigenvalue weighted by Crippen LogP contribution is 2.43. The first-order valence-electron chi connectivity index (χ1n) is 8.52. The summed E-state index contributed by atoms with van der Waals surface area (Å²) in [4.78, 5) is 24.8. The van der Waals surface area contributed by atoms with Crippen molar-refractivity contribution in [3.63, 3.8) is 0 Å². The van der Waals surface area contributed by atoms with Gasteiger partial charge in [0, 0.05) is 16.5 Å². The normalized spacial score (nSPS) is 21.2. The summed E-state index contributed by atoms with van der Waals surface area (Å²) in [7, 11) is 1.39. The summed E-state index contributed by atoms with van der Waals surface area (Å²) >= 11 is 1.63. The number of nitrogens with zero attached hydrogens (tertiary/aromatic N) is 1. The van der Waals surface area contributed by atoms with E-state index in [1.54, 1.807) is 23.5 Å². The van der Waals surface area contributed by atoms with Gasteiger partial charge in [-0.25, -0.2) is 0 Å². The third-order valence-electron chi connectivity index (χ3n) is 5.02. The Labute approximate surface area is 154 Å². The van der Waals surface area contributed by atoms with Crippen LogP contribution in [0.3, 0.4) is 0 Å². The predicted molar refractivity (Wildman–Crippen MR) is 99.0 cm³/mol. The zero-order valence-electron chi connectivity index (χ0n) is 14.5. The molecule has 2 atom stereocenters. The van der Waals surface area contributed by atoms with E-state index in [0.717, 1.165) is 35.4 Å². The molecule has 1 amide bonds. The van der Waals surface area contributed by atoms with Crippen molar-refractivity contribution in [3.8, 4) is 5.75 Å². The van der Waals surface area contributed by atoms with Gasteiger partial charge in [0.05, 0.1) is 17.6 Å². The maximum atomic E-state index is 12.7. The Morgan fingerprint density at radius 1 is 1.35 bits per heavy atom. The molecule has 4 rings (SSSR count). The average molecular weight is 373 g/mol. The van der Waals surface area contributed by atoms with Crippen molar-refractivity contribution in [3.05, 3.63) is 49.9 Å². The molecule has 2 aliphatic rings. The number of nitro groups is 1. The number of nitrogens with one attached hydrogen (secondary N) is 2. The largest absolute Gasteiger partial charge is 0.490 e. The van der Waals surface area contributed by atoms with Gasteiger partial charge in [-0.2, -0.15) is 0 Å². The Morgan fingerprint density at radius 2 is 2.15 bits per heavy atom. The third kappa shape index (κ3) is 2.70. The summed E-state index contributed by atoms with van der Waals surface area (Å²) in [5.41, 5.74) is 2.41. The van der Waals surface area contributed by atoms with E-state index in [-0.39, 0.29) is 17.3 Å². The smallest absolute Gasteiger partial charge is 0.311 e. The minimum atomic E-state index is -0.503. The fourth-order valence-electron chi connectivity index (χ4n) is 3.66. The summed E-state index contributed by atoms with van der Waals surface area (Å²) in [6.07, 6.45) is 2.52. The molecular formula is C18H19N3O4S. The molecule has 7 nitrogen and oxygen atoms in total. The second kappa shape index (κ2) is 6.28. The molecule has 8 heteroatoms. The summed E-state index contributed by atoms with van der Waals surface area (Å²) in [5, 5.41) is 18.4. The summed E-state index contributed by atoms with van der Waals surface area (Å²) < 4.78 is 5.04. The zero-order chi connectivity index (χ0) is 18.4. The minimum absolute atomic E-state index is 0.116. The Balaban J connectivity index is 1.69. The van der Waals surface area contributed by atoms with Crippen molar-refractivity contribution in [2.24, 2.45) is 5.92 Å². The van der Waals surface area contributed by atoms with Crippen LogP contribution < -0.4 is 15.4 Å². The van der Waals surface area contributed by atoms with Gasteiger partial charge >= 0.3 is 5.69 Å². The van der Waals surface area contributed by atoms with Gasteiger partial charge < -0.3 is 15.4 Å². The van der Waals surface area contributed by atoms with Gasteiger partial charge in [0.25, 0.3) is 5.91 Å². The van der Waals surface area contributed by atoms with Crippen molar-refractivity contribution in [1.29, 1.82) is 0 Å². The quantitative estimate of drug-likeness (QED) is 0.633. The molecule has 0 saturated heterocycles. The molecular weight excluding hydrogens is 354 g/mol. The number of hydrogen-bond acceptors (Lipinski definition) is 6. The van der Waals surface area contributed by atoms with Crippen LogP contribution in [-0.2, 0) is 12.8 Å². The maximum absolute atomic E-state index is 12.7. The van der Waals surface area contributed by atoms with E-state index in [0.29, 0.717) is 11.5 Å². The van der Waals surface area contributed by atoms with Crippen LogP contribution in [0.5, 0.6) is 5.75 Å². The molecule has 1 aromatic carbocycles. The Kier molecular flexibility index (Phi) is 4.07. The molecule has 0 fully saturated rings. The number of carbonyl (C=O) groups is 1. The number of anilines is 1. The van der Waals surface area contributed by atoms with Crippen LogP contribution in [0.1, 0.15) is 45.9 Å². The van der Waals surface area contributed by atoms with Gasteiger partial charge in [-0.05, 0) is 36.8 Å². The van der Waals surface area contributed by atoms with E-state index in [4.69, 9.17) is 4.74 Å². The number of amides is 1. The number of benzene rings is 1. The van der Waals surface area contributed by atoms with Crippen LogP contribution >= 0.6 is 11.3 Å². The van der Waals surface area contributed by atoms with E-state index in [9.17, 15) is 14.9 Å². The molecule has 0 unspecified atom stereocenters. The van der Waals surface area contributed by atoms with E-state index < -0.39 is 11.1 Å². The zero-order valence-corrected chi connectivity index (χ0v) is 15.3. The van der Waals surface area contributed by atoms with Gasteiger partial charge in [-0.1, -0.05) is 13.0 Å². The van der Waals surface area contributed by atoms with Gasteiger partial charge in [0.1, 0.15) is 11.2 Å². The first-order chi connectivity index (χ1) is 12.5. The number of carbonyl (C=O) groups excluding carboxylic acids is 1. The maximum Gasteiger partial charge on any atom is 0.311 e. The Morgan fingerprint density at radius 3 is 2.88 bits per heavy atom. The lowest BCUT2D eigenvalue weighted by Gasteiger charge is -2.27. The van der Waals surface area contributed by atoms with E-state index in [1.807, 2.05) is 0 Å². The van der Waals surface area contributed by atoms with E-state index in [1.165, 1.54) is 18.1 Å². The van der Waals surface area contributed by atoms with Crippen LogP contribution in [-0.4, -0.2) is 17.9 Å². The lowest BCUT2D eigenvalue weighted by molar-refractivity contribution is -0.385. The fraction of sp³-hybridized carbons (Fsp3) is 0.389. The molecule has 1 aromatic heterocycles. The van der Waals surface area contributed by atoms with Gasteiger partial charge in [-0.3, -0.25) is 14.9 Å². The number of nitro benzene ring substituents is 1. The number of thiophene rings is 1. The first kappa shape index (κ1) is 16.8. The highest BCUT2D eigenvalue weighted by molar-refractivity contribution is 7.16. The van der Waals surface area contributed by atoms with Crippen LogP contribution in [0.25, 0.3) is 0 Å². The van der Waals surface area contributed by atoms with Gasteiger partial charge in [-0.15, -0.1) is 11.3 Å². The first-order valence-corrected chi connectivity index (χ1v) is 9.34. The standard InChI is InChI=1S/C18H19N3O4S/c1-9-3-5-11-14(7-9)26-18-15(11)17(22)19-16(20-18)10-4-6-13(25-2)12(8-10)21(23)24/h4,6,8-9,16,20H,3,5,7H2,1-2H3,(H,19,22)/t9-,16+/m1/s1. The highest BCUT2D eigenvalue weighted by atomic mass is 32.1. The van der Waals surface area contributed by atoms with Crippen molar-refractivity contribution in [2.45, 2.75) is 32.4 Å². The average Bonchev–Trinajstić information content (AvgIpc) is 2.98. The number of rotatable bonds is 3. The topological polar surface area (TPSA) is 93.5 Å². The van der Waals surface area contributed by atoms with E-state index >= 15 is 0 Å². The van der Waals surface area contributed by atoms with Gasteiger partial charge in [0.15, 0.2) is 5.75 Å². The molecule has 0 bridgehead atoms. The molecule has 2 aromatic rings. The molecule has 0 spiro atoms. The highest BCUT2D eigenvalue weighted by Gasteiger charge is 2.33. The molecule has 1 aliphatic heterocycles. The second-order valence-electron chi connectivity index (χ2n) is 6.80. The number of methoxy groups -OCH3 is 1. The Hall–Kier alpha value is -2.61. The molecule has 2 heterocycles. The SMILES string of the molecule is COc1ccc([C@H]2NC(=O)c3c(sc4c3CC[C@@H](C)C4)N2)cc1[N+](=O)[O-]. The van der Waals surface area contributed by atoms with Crippen LogP contribution in [0, 0.1) is 16.0 Å². The lowest BCUT2D eigenvalue weighted by Crippen LogP contribution is -2.38. The van der Waals surface area contributed by atoms with Crippen molar-refractivity contribution >= 4 is 27.9 Å².